The lowest BCUT2D eigenvalue weighted by Crippen LogP contribution is -2.52. The third-order valence-electron chi connectivity index (χ3n) is 4.86. The van der Waals surface area contributed by atoms with Crippen molar-refractivity contribution in [2.24, 2.45) is 0 Å². The molecule has 1 atom stereocenters. The van der Waals surface area contributed by atoms with Crippen molar-refractivity contribution in [3.8, 4) is 0 Å². The van der Waals surface area contributed by atoms with E-state index >= 15 is 0 Å². The van der Waals surface area contributed by atoms with E-state index in [0.29, 0.717) is 19.2 Å². The lowest BCUT2D eigenvalue weighted by Gasteiger charge is -2.36. The minimum atomic E-state index is -4.86. The number of carbonyl (C=O) groups is 1. The van der Waals surface area contributed by atoms with E-state index in [2.05, 4.69) is 20.4 Å². The Hall–Kier alpha value is -3.32. The molecule has 0 bridgehead atoms. The van der Waals surface area contributed by atoms with Crippen LogP contribution in [0.1, 0.15) is 25.0 Å². The molecule has 0 spiro atoms. The predicted octanol–water partition coefficient (Wildman–Crippen LogP) is 1.84. The van der Waals surface area contributed by atoms with Crippen LogP contribution >= 0.6 is 0 Å². The Bertz CT molecular complexity index is 1010. The van der Waals surface area contributed by atoms with Crippen molar-refractivity contribution in [3.63, 3.8) is 0 Å². The van der Waals surface area contributed by atoms with Crippen molar-refractivity contribution >= 4 is 17.7 Å². The molecule has 1 aliphatic heterocycles. The molecule has 1 saturated heterocycles. The van der Waals surface area contributed by atoms with E-state index in [4.69, 9.17) is 0 Å². The van der Waals surface area contributed by atoms with Gasteiger partial charge < -0.3 is 15.1 Å². The van der Waals surface area contributed by atoms with Crippen LogP contribution in [0.2, 0.25) is 0 Å². The summed E-state index contributed by atoms with van der Waals surface area (Å²) in [6.07, 6.45) is -2.75. The van der Waals surface area contributed by atoms with Crippen LogP contribution in [0.15, 0.2) is 23.3 Å². The number of alkyl halides is 5. The van der Waals surface area contributed by atoms with Crippen LogP contribution in [-0.2, 0) is 16.9 Å². The normalized spacial score (nSPS) is 16.1. The second kappa shape index (κ2) is 8.67. The van der Waals surface area contributed by atoms with Crippen molar-refractivity contribution in [2.75, 3.05) is 36.4 Å². The number of carbonyl (C=O) groups excluding carboxylic acids is 1. The molecule has 2 N–H and O–H groups in total. The average molecular weight is 461 g/mol. The molecular weight excluding hydrogens is 441 g/mol. The quantitative estimate of drug-likeness (QED) is 0.655. The summed E-state index contributed by atoms with van der Waals surface area (Å²) in [5.41, 5.74) is -3.11. The molecular formula is C18H20F5N7O2. The zero-order chi connectivity index (χ0) is 23.7. The molecule has 9 nitrogen and oxygen atoms in total. The van der Waals surface area contributed by atoms with Gasteiger partial charge in [-0.3, -0.25) is 9.59 Å². The number of hydrogen-bond donors (Lipinski definition) is 2. The first-order valence-corrected chi connectivity index (χ1v) is 9.54. The number of H-pyrrole nitrogens is 1. The molecule has 1 amide bonds. The number of piperazine rings is 1. The van der Waals surface area contributed by atoms with Crippen LogP contribution < -0.4 is 15.8 Å². The van der Waals surface area contributed by atoms with Crippen molar-refractivity contribution in [3.05, 3.63) is 39.9 Å². The Balaban J connectivity index is 1.59. The highest BCUT2D eigenvalue weighted by Crippen LogP contribution is 2.28. The zero-order valence-electron chi connectivity index (χ0n) is 17.1. The fourth-order valence-corrected chi connectivity index (χ4v) is 3.09. The van der Waals surface area contributed by atoms with Gasteiger partial charge in [-0.25, -0.2) is 23.8 Å². The monoisotopic (exact) mass is 461 g/mol. The minimum absolute atomic E-state index is 0.258. The van der Waals surface area contributed by atoms with Crippen molar-refractivity contribution < 1.29 is 26.7 Å². The molecule has 2 aromatic rings. The van der Waals surface area contributed by atoms with Crippen LogP contribution in [0.4, 0.5) is 33.7 Å². The summed E-state index contributed by atoms with van der Waals surface area (Å²) in [6.45, 7) is 3.43. The van der Waals surface area contributed by atoms with Gasteiger partial charge in [0.15, 0.2) is 0 Å². The number of hydrogen-bond acceptors (Lipinski definition) is 7. The van der Waals surface area contributed by atoms with Gasteiger partial charge in [0.05, 0.1) is 5.56 Å². The second-order valence-electron chi connectivity index (χ2n) is 7.33. The van der Waals surface area contributed by atoms with Gasteiger partial charge in [0, 0.05) is 51.6 Å². The molecule has 0 aliphatic carbocycles. The molecule has 174 valence electrons. The fraction of sp³-hybridized carbons (Fsp3) is 0.500. The van der Waals surface area contributed by atoms with E-state index < -0.39 is 29.3 Å². The Morgan fingerprint density at radius 1 is 1.12 bits per heavy atom. The number of aromatic nitrogens is 4. The summed E-state index contributed by atoms with van der Waals surface area (Å²) < 4.78 is 65.2. The van der Waals surface area contributed by atoms with Crippen LogP contribution in [0, 0.1) is 0 Å². The van der Waals surface area contributed by atoms with Gasteiger partial charge in [-0.1, -0.05) is 0 Å². The Morgan fingerprint density at radius 3 is 2.25 bits per heavy atom. The van der Waals surface area contributed by atoms with E-state index in [0.717, 1.165) is 19.3 Å². The standard InChI is InChI=1S/C18H20F5N7O2/c1-10(26-13-7-12(18(21,22)23)14(31)28-27-13)15(32)29-3-5-30(6-4-29)16-24-8-11(9-25-16)17(2,19)20/h7-10H,3-6H2,1-2H3,(H,26,27)(H,28,31)/t10-/m1/s1. The molecule has 1 aliphatic rings. The molecule has 14 heteroatoms. The zero-order valence-corrected chi connectivity index (χ0v) is 17.1. The lowest BCUT2D eigenvalue weighted by atomic mass is 10.2. The number of anilines is 2. The summed E-state index contributed by atoms with van der Waals surface area (Å²) in [7, 11) is 0. The number of amides is 1. The SMILES string of the molecule is C[C@@H](Nc1cc(C(F)(F)F)c(=O)[nH]n1)C(=O)N1CCN(c2ncc(C(C)(F)F)cn2)CC1. The summed E-state index contributed by atoms with van der Waals surface area (Å²) in [4.78, 5) is 35.1. The largest absolute Gasteiger partial charge is 0.421 e. The topological polar surface area (TPSA) is 107 Å². The van der Waals surface area contributed by atoms with E-state index in [1.807, 2.05) is 0 Å². The molecule has 0 aromatic carbocycles. The molecule has 0 radical (unpaired) electrons. The van der Waals surface area contributed by atoms with Crippen molar-refractivity contribution in [1.29, 1.82) is 0 Å². The summed E-state index contributed by atoms with van der Waals surface area (Å²) in [5.74, 6) is -3.46. The predicted molar refractivity (Wildman–Crippen MR) is 103 cm³/mol. The van der Waals surface area contributed by atoms with Crippen LogP contribution in [0.5, 0.6) is 0 Å². The number of aromatic amines is 1. The van der Waals surface area contributed by atoms with Gasteiger partial charge in [-0.15, -0.1) is 0 Å². The maximum Gasteiger partial charge on any atom is 0.421 e. The average Bonchev–Trinajstić information content (AvgIpc) is 2.73. The van der Waals surface area contributed by atoms with E-state index in [-0.39, 0.29) is 36.3 Å². The van der Waals surface area contributed by atoms with Gasteiger partial charge >= 0.3 is 6.18 Å². The first-order valence-electron chi connectivity index (χ1n) is 9.54. The van der Waals surface area contributed by atoms with Crippen molar-refractivity contribution in [1.82, 2.24) is 25.1 Å². The number of nitrogens with one attached hydrogen (secondary N) is 2. The van der Waals surface area contributed by atoms with E-state index in [9.17, 15) is 31.5 Å². The second-order valence-corrected chi connectivity index (χ2v) is 7.33. The highest BCUT2D eigenvalue weighted by atomic mass is 19.4. The fourth-order valence-electron chi connectivity index (χ4n) is 3.09. The number of halogens is 5. The molecule has 0 unspecified atom stereocenters. The van der Waals surface area contributed by atoms with E-state index in [1.165, 1.54) is 11.8 Å². The van der Waals surface area contributed by atoms with Gasteiger partial charge in [0.1, 0.15) is 17.4 Å². The third-order valence-corrected chi connectivity index (χ3v) is 4.86. The molecule has 1 fully saturated rings. The lowest BCUT2D eigenvalue weighted by molar-refractivity contribution is -0.138. The van der Waals surface area contributed by atoms with Crippen LogP contribution in [0.25, 0.3) is 0 Å². The summed E-state index contributed by atoms with van der Waals surface area (Å²) >= 11 is 0. The molecule has 0 saturated carbocycles. The highest BCUT2D eigenvalue weighted by molar-refractivity contribution is 5.84. The summed E-state index contributed by atoms with van der Waals surface area (Å²) in [6, 6.07) is -0.371. The van der Waals surface area contributed by atoms with Gasteiger partial charge in [-0.05, 0) is 6.92 Å². The molecule has 2 aromatic heterocycles. The van der Waals surface area contributed by atoms with Crippen LogP contribution in [-0.4, -0.2) is 63.2 Å². The Labute approximate surface area is 178 Å². The minimum Gasteiger partial charge on any atom is -0.357 e. The Morgan fingerprint density at radius 2 is 1.72 bits per heavy atom. The van der Waals surface area contributed by atoms with Gasteiger partial charge in [0.25, 0.3) is 11.5 Å². The van der Waals surface area contributed by atoms with E-state index in [1.54, 1.807) is 10.00 Å². The number of nitrogens with zero attached hydrogens (tertiary/aromatic N) is 5. The summed E-state index contributed by atoms with van der Waals surface area (Å²) in [5, 5.41) is 7.81. The first-order chi connectivity index (χ1) is 14.9. The molecule has 32 heavy (non-hydrogen) atoms. The highest BCUT2D eigenvalue weighted by Gasteiger charge is 2.35. The van der Waals surface area contributed by atoms with Gasteiger partial charge in [-0.2, -0.15) is 18.3 Å². The third kappa shape index (κ3) is 5.29. The van der Waals surface area contributed by atoms with Crippen LogP contribution in [0.3, 0.4) is 0 Å². The maximum atomic E-state index is 13.3. The molecule has 3 heterocycles. The Kier molecular flexibility index (Phi) is 6.32. The molecule has 3 rings (SSSR count). The maximum absolute atomic E-state index is 13.3. The number of rotatable bonds is 5. The van der Waals surface area contributed by atoms with Gasteiger partial charge in [0.2, 0.25) is 11.9 Å². The smallest absolute Gasteiger partial charge is 0.357 e. The first kappa shape index (κ1) is 23.3. The van der Waals surface area contributed by atoms with Crippen molar-refractivity contribution in [2.45, 2.75) is 32.0 Å².